The SMILES string of the molecule is CCC(N)CCN1CCC(CC)C1. The third-order valence-corrected chi connectivity index (χ3v) is 3.29. The second kappa shape index (κ2) is 5.61. The van der Waals surface area contributed by atoms with Crippen molar-refractivity contribution in [2.24, 2.45) is 11.7 Å². The van der Waals surface area contributed by atoms with Gasteiger partial charge in [-0.25, -0.2) is 0 Å². The number of hydrogen-bond acceptors (Lipinski definition) is 2. The monoisotopic (exact) mass is 184 g/mol. The smallest absolute Gasteiger partial charge is 0.00483 e. The summed E-state index contributed by atoms with van der Waals surface area (Å²) in [5.41, 5.74) is 5.89. The zero-order valence-corrected chi connectivity index (χ0v) is 9.13. The van der Waals surface area contributed by atoms with Gasteiger partial charge >= 0.3 is 0 Å². The maximum atomic E-state index is 5.89. The minimum atomic E-state index is 0.417. The molecule has 0 bridgehead atoms. The van der Waals surface area contributed by atoms with Crippen molar-refractivity contribution in [3.63, 3.8) is 0 Å². The van der Waals surface area contributed by atoms with Crippen molar-refractivity contribution in [3.8, 4) is 0 Å². The molecule has 1 fully saturated rings. The van der Waals surface area contributed by atoms with E-state index >= 15 is 0 Å². The largest absolute Gasteiger partial charge is 0.328 e. The summed E-state index contributed by atoms with van der Waals surface area (Å²) < 4.78 is 0. The second-order valence-electron chi connectivity index (χ2n) is 4.32. The average Bonchev–Trinajstić information content (AvgIpc) is 2.61. The van der Waals surface area contributed by atoms with Gasteiger partial charge in [0.05, 0.1) is 0 Å². The van der Waals surface area contributed by atoms with E-state index in [1.165, 1.54) is 38.9 Å². The number of nitrogens with zero attached hydrogens (tertiary/aromatic N) is 1. The average molecular weight is 184 g/mol. The second-order valence-corrected chi connectivity index (χ2v) is 4.32. The summed E-state index contributed by atoms with van der Waals surface area (Å²) >= 11 is 0. The summed E-state index contributed by atoms with van der Waals surface area (Å²) in [7, 11) is 0. The lowest BCUT2D eigenvalue weighted by Gasteiger charge is -2.17. The van der Waals surface area contributed by atoms with Crippen molar-refractivity contribution in [1.29, 1.82) is 0 Å². The predicted octanol–water partition coefficient (Wildman–Crippen LogP) is 1.85. The molecule has 0 aromatic carbocycles. The van der Waals surface area contributed by atoms with Gasteiger partial charge in [0.15, 0.2) is 0 Å². The Balaban J connectivity index is 2.10. The molecule has 0 aliphatic carbocycles. The van der Waals surface area contributed by atoms with Crippen LogP contribution in [0, 0.1) is 5.92 Å². The van der Waals surface area contributed by atoms with E-state index in [1.54, 1.807) is 0 Å². The molecule has 1 aliphatic heterocycles. The van der Waals surface area contributed by atoms with E-state index in [-0.39, 0.29) is 0 Å². The molecule has 0 amide bonds. The summed E-state index contributed by atoms with van der Waals surface area (Å²) in [4.78, 5) is 2.57. The van der Waals surface area contributed by atoms with E-state index in [9.17, 15) is 0 Å². The van der Waals surface area contributed by atoms with E-state index in [4.69, 9.17) is 5.73 Å². The predicted molar refractivity (Wildman–Crippen MR) is 57.7 cm³/mol. The summed E-state index contributed by atoms with van der Waals surface area (Å²) in [5.74, 6) is 0.956. The number of likely N-dealkylation sites (tertiary alicyclic amines) is 1. The van der Waals surface area contributed by atoms with E-state index < -0.39 is 0 Å². The zero-order chi connectivity index (χ0) is 9.68. The maximum absolute atomic E-state index is 5.89. The van der Waals surface area contributed by atoms with Crippen LogP contribution in [0.25, 0.3) is 0 Å². The van der Waals surface area contributed by atoms with Gasteiger partial charge in [-0.05, 0) is 38.3 Å². The minimum Gasteiger partial charge on any atom is -0.328 e. The van der Waals surface area contributed by atoms with Crippen LogP contribution in [0.2, 0.25) is 0 Å². The van der Waals surface area contributed by atoms with Crippen LogP contribution < -0.4 is 5.73 Å². The standard InChI is InChI=1S/C11H24N2/c1-3-10-5-7-13(9-10)8-6-11(12)4-2/h10-11H,3-9,12H2,1-2H3. The molecule has 2 atom stereocenters. The molecule has 2 heteroatoms. The molecule has 1 heterocycles. The molecule has 2 nitrogen and oxygen atoms in total. The van der Waals surface area contributed by atoms with Gasteiger partial charge < -0.3 is 10.6 Å². The van der Waals surface area contributed by atoms with Crippen molar-refractivity contribution in [2.75, 3.05) is 19.6 Å². The van der Waals surface area contributed by atoms with Crippen molar-refractivity contribution in [3.05, 3.63) is 0 Å². The molecule has 1 aliphatic rings. The molecule has 0 radical (unpaired) electrons. The highest BCUT2D eigenvalue weighted by Gasteiger charge is 2.20. The molecule has 2 unspecified atom stereocenters. The summed E-state index contributed by atoms with van der Waals surface area (Å²) in [6.45, 7) is 8.29. The van der Waals surface area contributed by atoms with Gasteiger partial charge in [0.2, 0.25) is 0 Å². The first-order valence-electron chi connectivity index (χ1n) is 5.74. The van der Waals surface area contributed by atoms with Crippen LogP contribution in [0.3, 0.4) is 0 Å². The van der Waals surface area contributed by atoms with Crippen LogP contribution in [0.1, 0.15) is 39.5 Å². The summed E-state index contributed by atoms with van der Waals surface area (Å²) in [5, 5.41) is 0. The Morgan fingerprint density at radius 1 is 1.46 bits per heavy atom. The molecule has 2 N–H and O–H groups in total. The van der Waals surface area contributed by atoms with E-state index in [2.05, 4.69) is 18.7 Å². The molecule has 13 heavy (non-hydrogen) atoms. The van der Waals surface area contributed by atoms with Crippen LogP contribution in [0.5, 0.6) is 0 Å². The molecule has 1 rings (SSSR count). The van der Waals surface area contributed by atoms with Gasteiger partial charge in [-0.15, -0.1) is 0 Å². The lowest BCUT2D eigenvalue weighted by atomic mass is 10.1. The third-order valence-electron chi connectivity index (χ3n) is 3.29. The highest BCUT2D eigenvalue weighted by molar-refractivity contribution is 4.75. The minimum absolute atomic E-state index is 0.417. The van der Waals surface area contributed by atoms with Gasteiger partial charge in [-0.2, -0.15) is 0 Å². The molecule has 0 aromatic heterocycles. The Labute approximate surface area is 82.5 Å². The first kappa shape index (κ1) is 11.0. The Hall–Kier alpha value is -0.0800. The first-order valence-corrected chi connectivity index (χ1v) is 5.74. The van der Waals surface area contributed by atoms with Gasteiger partial charge in [-0.1, -0.05) is 20.3 Å². The molecule has 0 spiro atoms. The fourth-order valence-electron chi connectivity index (χ4n) is 2.00. The Morgan fingerprint density at radius 3 is 2.77 bits per heavy atom. The lowest BCUT2D eigenvalue weighted by molar-refractivity contribution is 0.306. The normalized spacial score (nSPS) is 26.5. The third kappa shape index (κ3) is 3.65. The number of rotatable bonds is 5. The topological polar surface area (TPSA) is 29.3 Å². The fourth-order valence-corrected chi connectivity index (χ4v) is 2.00. The fraction of sp³-hybridized carbons (Fsp3) is 1.00. The van der Waals surface area contributed by atoms with E-state index in [0.29, 0.717) is 6.04 Å². The summed E-state index contributed by atoms with van der Waals surface area (Å²) in [6.07, 6.45) is 5.03. The molecule has 0 aromatic rings. The van der Waals surface area contributed by atoms with Crippen LogP contribution in [-0.2, 0) is 0 Å². The maximum Gasteiger partial charge on any atom is 0.00483 e. The van der Waals surface area contributed by atoms with Crippen LogP contribution in [-0.4, -0.2) is 30.6 Å². The molecule has 78 valence electrons. The van der Waals surface area contributed by atoms with Crippen LogP contribution in [0.4, 0.5) is 0 Å². The highest BCUT2D eigenvalue weighted by atomic mass is 15.1. The summed E-state index contributed by atoms with van der Waals surface area (Å²) in [6, 6.07) is 0.417. The number of nitrogens with two attached hydrogens (primary N) is 1. The Kier molecular flexibility index (Phi) is 4.74. The Bertz CT molecular complexity index is 136. The van der Waals surface area contributed by atoms with Gasteiger partial charge in [0, 0.05) is 12.6 Å². The quantitative estimate of drug-likeness (QED) is 0.706. The molecular weight excluding hydrogens is 160 g/mol. The molecular formula is C11H24N2. The highest BCUT2D eigenvalue weighted by Crippen LogP contribution is 2.19. The Morgan fingerprint density at radius 2 is 2.23 bits per heavy atom. The first-order chi connectivity index (χ1) is 6.26. The lowest BCUT2D eigenvalue weighted by Crippen LogP contribution is -2.28. The van der Waals surface area contributed by atoms with Crippen molar-refractivity contribution in [1.82, 2.24) is 4.90 Å². The van der Waals surface area contributed by atoms with Gasteiger partial charge in [0.1, 0.15) is 0 Å². The van der Waals surface area contributed by atoms with E-state index in [0.717, 1.165) is 12.3 Å². The van der Waals surface area contributed by atoms with Crippen molar-refractivity contribution in [2.45, 2.75) is 45.6 Å². The van der Waals surface area contributed by atoms with Crippen molar-refractivity contribution >= 4 is 0 Å². The van der Waals surface area contributed by atoms with Crippen LogP contribution >= 0.6 is 0 Å². The zero-order valence-electron chi connectivity index (χ0n) is 9.13. The van der Waals surface area contributed by atoms with Gasteiger partial charge in [0.25, 0.3) is 0 Å². The number of hydrogen-bond donors (Lipinski definition) is 1. The molecule has 1 saturated heterocycles. The van der Waals surface area contributed by atoms with Crippen LogP contribution in [0.15, 0.2) is 0 Å². The molecule has 0 saturated carbocycles. The van der Waals surface area contributed by atoms with Crippen molar-refractivity contribution < 1.29 is 0 Å². The van der Waals surface area contributed by atoms with E-state index in [1.807, 2.05) is 0 Å². The van der Waals surface area contributed by atoms with Gasteiger partial charge in [-0.3, -0.25) is 0 Å².